The summed E-state index contributed by atoms with van der Waals surface area (Å²) < 4.78 is 5.38. The molecule has 0 saturated carbocycles. The van der Waals surface area contributed by atoms with Crippen LogP contribution in [0.5, 0.6) is 0 Å². The second-order valence-electron chi connectivity index (χ2n) is 6.07. The first kappa shape index (κ1) is 17.9. The zero-order valence-electron chi connectivity index (χ0n) is 14.6. The normalized spacial score (nSPS) is 11.3. The molecule has 2 aromatic rings. The topological polar surface area (TPSA) is 49.6 Å². The van der Waals surface area contributed by atoms with Crippen LogP contribution in [0, 0.1) is 0 Å². The molecule has 0 bridgehead atoms. The smallest absolute Gasteiger partial charge is 0.246 e. The van der Waals surface area contributed by atoms with Crippen molar-refractivity contribution in [2.24, 2.45) is 0 Å². The van der Waals surface area contributed by atoms with E-state index in [1.807, 2.05) is 68.5 Å². The molecule has 0 N–H and O–H groups in total. The summed E-state index contributed by atoms with van der Waals surface area (Å²) in [5.74, 6) is 0.872. The molecule has 0 saturated heterocycles. The van der Waals surface area contributed by atoms with E-state index in [1.165, 1.54) is 0 Å². The number of hydrogen-bond acceptors (Lipinski definition) is 4. The van der Waals surface area contributed by atoms with E-state index in [4.69, 9.17) is 4.52 Å². The Morgan fingerprint density at radius 2 is 1.96 bits per heavy atom. The third kappa shape index (κ3) is 5.66. The molecule has 0 aliphatic rings. The summed E-state index contributed by atoms with van der Waals surface area (Å²) in [6, 6.07) is 11.9. The average Bonchev–Trinajstić information content (AvgIpc) is 3.04. The number of carbonyl (C=O) groups is 1. The van der Waals surface area contributed by atoms with Crippen LogP contribution in [0.3, 0.4) is 0 Å². The Morgan fingerprint density at radius 1 is 1.21 bits per heavy atom. The highest BCUT2D eigenvalue weighted by molar-refractivity contribution is 5.87. The molecule has 0 fully saturated rings. The molecule has 5 heteroatoms. The zero-order chi connectivity index (χ0) is 17.4. The molecule has 0 aliphatic carbocycles. The van der Waals surface area contributed by atoms with Crippen molar-refractivity contribution in [1.82, 2.24) is 15.0 Å². The monoisotopic (exact) mass is 327 g/mol. The first-order valence-corrected chi connectivity index (χ1v) is 8.13. The number of likely N-dealkylation sites (N-methyl/N-ethyl adjacent to an activating group) is 2. The number of carbonyl (C=O) groups excluding carboxylic acids is 1. The van der Waals surface area contributed by atoms with E-state index in [9.17, 15) is 4.79 Å². The highest BCUT2D eigenvalue weighted by atomic mass is 16.5. The molecule has 0 spiro atoms. The summed E-state index contributed by atoms with van der Waals surface area (Å²) in [4.78, 5) is 15.7. The van der Waals surface area contributed by atoms with Gasteiger partial charge in [-0.25, -0.2) is 0 Å². The van der Waals surface area contributed by atoms with Crippen LogP contribution in [-0.2, 0) is 11.2 Å². The van der Waals surface area contributed by atoms with Crippen molar-refractivity contribution in [2.45, 2.75) is 12.8 Å². The molecule has 1 amide bonds. The van der Waals surface area contributed by atoms with Gasteiger partial charge in [0.05, 0.1) is 0 Å². The summed E-state index contributed by atoms with van der Waals surface area (Å²) in [7, 11) is 5.76. The summed E-state index contributed by atoms with van der Waals surface area (Å²) in [5.41, 5.74) is 1.90. The third-order valence-electron chi connectivity index (χ3n) is 3.65. The predicted molar refractivity (Wildman–Crippen MR) is 95.6 cm³/mol. The molecule has 2 rings (SSSR count). The molecule has 5 nitrogen and oxygen atoms in total. The molecule has 128 valence electrons. The lowest BCUT2D eigenvalue weighted by atomic mass is 10.1. The van der Waals surface area contributed by atoms with Gasteiger partial charge >= 0.3 is 0 Å². The van der Waals surface area contributed by atoms with Gasteiger partial charge in [-0.2, -0.15) is 0 Å². The molecule has 0 atom stereocenters. The lowest BCUT2D eigenvalue weighted by molar-refractivity contribution is -0.124. The van der Waals surface area contributed by atoms with Gasteiger partial charge in [-0.05, 0) is 20.5 Å². The van der Waals surface area contributed by atoms with Crippen molar-refractivity contribution in [1.29, 1.82) is 0 Å². The van der Waals surface area contributed by atoms with Gasteiger partial charge in [-0.3, -0.25) is 4.79 Å². The van der Waals surface area contributed by atoms with Crippen LogP contribution in [0.1, 0.15) is 12.2 Å². The van der Waals surface area contributed by atoms with Crippen molar-refractivity contribution in [3.05, 3.63) is 54.3 Å². The number of aromatic nitrogens is 1. The molecule has 0 aliphatic heterocycles. The fourth-order valence-corrected chi connectivity index (χ4v) is 2.27. The van der Waals surface area contributed by atoms with Gasteiger partial charge in [-0.1, -0.05) is 41.6 Å². The lowest BCUT2D eigenvalue weighted by Crippen LogP contribution is -2.26. The second kappa shape index (κ2) is 9.03. The van der Waals surface area contributed by atoms with E-state index in [0.717, 1.165) is 36.4 Å². The van der Waals surface area contributed by atoms with Gasteiger partial charge in [0.25, 0.3) is 0 Å². The maximum absolute atomic E-state index is 11.9. The Balaban J connectivity index is 1.77. The molecule has 0 unspecified atom stereocenters. The number of amides is 1. The number of aryl methyl sites for hydroxylation is 1. The number of benzene rings is 1. The number of hydrogen-bond donors (Lipinski definition) is 0. The van der Waals surface area contributed by atoms with Crippen molar-refractivity contribution < 1.29 is 9.32 Å². The molecule has 1 aromatic heterocycles. The van der Waals surface area contributed by atoms with Gasteiger partial charge in [-0.15, -0.1) is 0 Å². The van der Waals surface area contributed by atoms with Crippen LogP contribution < -0.4 is 0 Å². The average molecular weight is 327 g/mol. The Hall–Kier alpha value is -2.40. The minimum atomic E-state index is 0.0272. The number of nitrogens with zero attached hydrogens (tertiary/aromatic N) is 3. The number of rotatable bonds is 8. The highest BCUT2D eigenvalue weighted by Crippen LogP contribution is 2.19. The quantitative estimate of drug-likeness (QED) is 0.700. The lowest BCUT2D eigenvalue weighted by Gasteiger charge is -2.14. The first-order chi connectivity index (χ1) is 11.6. The summed E-state index contributed by atoms with van der Waals surface area (Å²) in [6.07, 6.45) is 5.11. The fourth-order valence-electron chi connectivity index (χ4n) is 2.27. The molecular weight excluding hydrogens is 302 g/mol. The largest absolute Gasteiger partial charge is 0.361 e. The SMILES string of the molecule is CN(C)C/C=C/C(=O)N(C)CCCc1cc(-c2ccccc2)no1. The van der Waals surface area contributed by atoms with E-state index in [2.05, 4.69) is 5.16 Å². The Labute approximate surface area is 143 Å². The second-order valence-corrected chi connectivity index (χ2v) is 6.07. The van der Waals surface area contributed by atoms with Crippen LogP contribution in [0.4, 0.5) is 0 Å². The van der Waals surface area contributed by atoms with Crippen molar-refractivity contribution >= 4 is 5.91 Å². The summed E-state index contributed by atoms with van der Waals surface area (Å²) in [5, 5.41) is 4.10. The minimum Gasteiger partial charge on any atom is -0.361 e. The van der Waals surface area contributed by atoms with Crippen molar-refractivity contribution in [3.8, 4) is 11.3 Å². The zero-order valence-corrected chi connectivity index (χ0v) is 14.6. The van der Waals surface area contributed by atoms with Gasteiger partial charge in [0.15, 0.2) is 0 Å². The minimum absolute atomic E-state index is 0.0272. The van der Waals surface area contributed by atoms with Crippen LogP contribution in [-0.4, -0.2) is 55.1 Å². The van der Waals surface area contributed by atoms with E-state index >= 15 is 0 Å². The van der Waals surface area contributed by atoms with Crippen LogP contribution in [0.25, 0.3) is 11.3 Å². The Kier molecular flexibility index (Phi) is 6.75. The Bertz CT molecular complexity index is 662. The first-order valence-electron chi connectivity index (χ1n) is 8.13. The predicted octanol–water partition coefficient (Wildman–Crippen LogP) is 2.85. The van der Waals surface area contributed by atoms with Crippen molar-refractivity contribution in [2.75, 3.05) is 34.2 Å². The van der Waals surface area contributed by atoms with E-state index in [-0.39, 0.29) is 5.91 Å². The summed E-state index contributed by atoms with van der Waals surface area (Å²) >= 11 is 0. The molecule has 1 heterocycles. The van der Waals surface area contributed by atoms with Crippen LogP contribution in [0.2, 0.25) is 0 Å². The molecular formula is C19H25N3O2. The van der Waals surface area contributed by atoms with E-state index in [1.54, 1.807) is 11.0 Å². The van der Waals surface area contributed by atoms with Gasteiger partial charge in [0.2, 0.25) is 5.91 Å². The molecule has 24 heavy (non-hydrogen) atoms. The Morgan fingerprint density at radius 3 is 2.67 bits per heavy atom. The van der Waals surface area contributed by atoms with Gasteiger partial charge < -0.3 is 14.3 Å². The van der Waals surface area contributed by atoms with Crippen LogP contribution in [0.15, 0.2) is 53.1 Å². The maximum Gasteiger partial charge on any atom is 0.246 e. The fraction of sp³-hybridized carbons (Fsp3) is 0.368. The summed E-state index contributed by atoms with van der Waals surface area (Å²) in [6.45, 7) is 1.45. The van der Waals surface area contributed by atoms with E-state index in [0.29, 0.717) is 6.54 Å². The molecule has 0 radical (unpaired) electrons. The maximum atomic E-state index is 11.9. The highest BCUT2D eigenvalue weighted by Gasteiger charge is 2.08. The van der Waals surface area contributed by atoms with Gasteiger partial charge in [0.1, 0.15) is 11.5 Å². The standard InChI is InChI=1S/C19H25N3O2/c1-21(2)13-8-12-19(23)22(3)14-7-11-17-15-18(20-24-17)16-9-5-4-6-10-16/h4-6,8-10,12,15H,7,11,13-14H2,1-3H3/b12-8+. The van der Waals surface area contributed by atoms with Crippen molar-refractivity contribution in [3.63, 3.8) is 0 Å². The molecule has 1 aromatic carbocycles. The third-order valence-corrected chi connectivity index (χ3v) is 3.65. The van der Waals surface area contributed by atoms with Crippen LogP contribution >= 0.6 is 0 Å². The van der Waals surface area contributed by atoms with Gasteiger partial charge in [0, 0.05) is 44.3 Å². The van der Waals surface area contributed by atoms with E-state index < -0.39 is 0 Å².